The highest BCUT2D eigenvalue weighted by atomic mass is 32.1. The number of phenolic OH excluding ortho intramolecular Hbond substituents is 1. The van der Waals surface area contributed by atoms with Crippen LogP contribution in [0.5, 0.6) is 17.2 Å². The fraction of sp³-hybridized carbons (Fsp3) is 0.172. The number of para-hydroxylation sites is 1. The van der Waals surface area contributed by atoms with Gasteiger partial charge in [0.25, 0.3) is 5.56 Å². The van der Waals surface area contributed by atoms with E-state index in [4.69, 9.17) is 14.5 Å². The highest BCUT2D eigenvalue weighted by molar-refractivity contribution is 7.07. The van der Waals surface area contributed by atoms with E-state index in [9.17, 15) is 9.90 Å². The zero-order chi connectivity index (χ0) is 24.8. The first-order chi connectivity index (χ1) is 17.6. The van der Waals surface area contributed by atoms with E-state index >= 15 is 0 Å². The molecule has 0 bridgehead atoms. The van der Waals surface area contributed by atoms with Crippen molar-refractivity contribution in [2.24, 2.45) is 4.99 Å². The van der Waals surface area contributed by atoms with Crippen molar-refractivity contribution in [1.29, 1.82) is 0 Å². The smallest absolute Gasteiger partial charge is 0.271 e. The number of ether oxygens (including phenoxy) is 2. The van der Waals surface area contributed by atoms with Gasteiger partial charge >= 0.3 is 0 Å². The van der Waals surface area contributed by atoms with E-state index in [1.165, 1.54) is 24.0 Å². The topological polar surface area (TPSA) is 73.1 Å². The summed E-state index contributed by atoms with van der Waals surface area (Å²) in [4.78, 5) is 19.5. The predicted molar refractivity (Wildman–Crippen MR) is 140 cm³/mol. The van der Waals surface area contributed by atoms with E-state index in [0.29, 0.717) is 20.6 Å². The number of thiazole rings is 1. The number of hydrogen-bond acceptors (Lipinski definition) is 6. The zero-order valence-corrected chi connectivity index (χ0v) is 20.7. The molecule has 1 unspecified atom stereocenters. The summed E-state index contributed by atoms with van der Waals surface area (Å²) in [6, 6.07) is 21.2. The minimum absolute atomic E-state index is 0.00534. The van der Waals surface area contributed by atoms with Crippen molar-refractivity contribution in [3.05, 3.63) is 114 Å². The Morgan fingerprint density at radius 1 is 1.00 bits per heavy atom. The summed E-state index contributed by atoms with van der Waals surface area (Å²) in [6.45, 7) is 0. The van der Waals surface area contributed by atoms with Gasteiger partial charge in [0.05, 0.1) is 30.5 Å². The van der Waals surface area contributed by atoms with Crippen LogP contribution in [0.4, 0.5) is 0 Å². The van der Waals surface area contributed by atoms with Crippen LogP contribution in [0.15, 0.2) is 82.1 Å². The second-order valence-corrected chi connectivity index (χ2v) is 9.79. The van der Waals surface area contributed by atoms with Crippen LogP contribution >= 0.6 is 11.3 Å². The third-order valence-electron chi connectivity index (χ3n) is 6.84. The Balaban J connectivity index is 1.61. The molecule has 7 heteroatoms. The van der Waals surface area contributed by atoms with E-state index in [2.05, 4.69) is 18.2 Å². The monoisotopic (exact) mass is 496 g/mol. The molecule has 4 aromatic rings. The molecule has 1 aliphatic carbocycles. The minimum atomic E-state index is -0.267. The summed E-state index contributed by atoms with van der Waals surface area (Å²) in [5.74, 6) is 1.13. The Kier molecular flexibility index (Phi) is 5.49. The molecule has 180 valence electrons. The normalized spacial score (nSPS) is 16.6. The maximum Gasteiger partial charge on any atom is 0.271 e. The van der Waals surface area contributed by atoms with Gasteiger partial charge in [-0.1, -0.05) is 59.9 Å². The molecule has 1 N–H and O–H groups in total. The third-order valence-corrected chi connectivity index (χ3v) is 7.82. The summed E-state index contributed by atoms with van der Waals surface area (Å²) >= 11 is 1.33. The molecule has 0 spiro atoms. The number of rotatable bonds is 4. The standard InChI is InChI=1S/C29H24N2O4S/c1-34-20-13-10-18(11-14-20)26-22-15-12-17-6-3-4-8-21(17)25(22)30-29-31(26)28(33)24(36-29)16-19-7-5-9-23(35-2)27(19)32/h3-11,13-14,16,26,32H,12,15H2,1-2H3/b24-16-. The summed E-state index contributed by atoms with van der Waals surface area (Å²) in [5, 5.41) is 10.6. The lowest BCUT2D eigenvalue weighted by Gasteiger charge is -2.30. The number of benzene rings is 3. The van der Waals surface area contributed by atoms with Crippen LogP contribution in [0.25, 0.3) is 11.8 Å². The van der Waals surface area contributed by atoms with E-state index < -0.39 is 0 Å². The maximum atomic E-state index is 13.8. The Morgan fingerprint density at radius 2 is 1.81 bits per heavy atom. The lowest BCUT2D eigenvalue weighted by molar-refractivity contribution is 0.373. The van der Waals surface area contributed by atoms with Crippen molar-refractivity contribution in [1.82, 2.24) is 4.57 Å². The number of allylic oxidation sites excluding steroid dienone is 1. The van der Waals surface area contributed by atoms with Crippen LogP contribution in [0.3, 0.4) is 0 Å². The molecule has 0 radical (unpaired) electrons. The first-order valence-corrected chi connectivity index (χ1v) is 12.5. The van der Waals surface area contributed by atoms with Crippen LogP contribution in [-0.4, -0.2) is 23.9 Å². The molecule has 0 saturated carbocycles. The lowest BCUT2D eigenvalue weighted by Crippen LogP contribution is -2.38. The molecule has 6 rings (SSSR count). The van der Waals surface area contributed by atoms with Gasteiger partial charge in [-0.25, -0.2) is 4.99 Å². The van der Waals surface area contributed by atoms with Gasteiger partial charge < -0.3 is 14.6 Å². The van der Waals surface area contributed by atoms with E-state index in [1.807, 2.05) is 30.3 Å². The van der Waals surface area contributed by atoms with E-state index in [1.54, 1.807) is 36.0 Å². The number of aromatic nitrogens is 1. The second kappa shape index (κ2) is 8.84. The average molecular weight is 497 g/mol. The largest absolute Gasteiger partial charge is 0.504 e. The minimum Gasteiger partial charge on any atom is -0.504 e. The Morgan fingerprint density at radius 3 is 2.58 bits per heavy atom. The molecule has 1 aliphatic heterocycles. The van der Waals surface area contributed by atoms with Crippen molar-refractivity contribution in [2.45, 2.75) is 18.9 Å². The van der Waals surface area contributed by atoms with Gasteiger partial charge in [-0.3, -0.25) is 9.36 Å². The van der Waals surface area contributed by atoms with Crippen molar-refractivity contribution >= 4 is 23.1 Å². The number of nitrogens with zero attached hydrogens (tertiary/aromatic N) is 2. The number of fused-ring (bicyclic) bond motifs is 3. The third kappa shape index (κ3) is 3.55. The number of phenols is 1. The molecule has 2 aliphatic rings. The second-order valence-electron chi connectivity index (χ2n) is 8.78. The van der Waals surface area contributed by atoms with Crippen molar-refractivity contribution in [3.63, 3.8) is 0 Å². The van der Waals surface area contributed by atoms with Crippen LogP contribution in [-0.2, 0) is 6.42 Å². The molecule has 0 saturated heterocycles. The van der Waals surface area contributed by atoms with Gasteiger partial charge in [0.1, 0.15) is 5.75 Å². The molecule has 3 aromatic carbocycles. The molecule has 6 nitrogen and oxygen atoms in total. The van der Waals surface area contributed by atoms with Gasteiger partial charge in [0, 0.05) is 11.1 Å². The number of methoxy groups -OCH3 is 2. The summed E-state index contributed by atoms with van der Waals surface area (Å²) < 4.78 is 12.9. The van der Waals surface area contributed by atoms with Gasteiger partial charge in [-0.15, -0.1) is 0 Å². The summed E-state index contributed by atoms with van der Waals surface area (Å²) in [7, 11) is 3.15. The molecule has 2 heterocycles. The number of aryl methyl sites for hydroxylation is 1. The molecule has 0 fully saturated rings. The highest BCUT2D eigenvalue weighted by Gasteiger charge is 2.32. The van der Waals surface area contributed by atoms with Crippen LogP contribution in [0, 0.1) is 0 Å². The number of hydrogen-bond donors (Lipinski definition) is 1. The van der Waals surface area contributed by atoms with E-state index in [0.717, 1.165) is 41.0 Å². The first-order valence-electron chi connectivity index (χ1n) is 11.7. The Hall–Kier alpha value is -4.10. The Labute approximate surface area is 211 Å². The van der Waals surface area contributed by atoms with Crippen LogP contribution < -0.4 is 24.4 Å². The quantitative estimate of drug-likeness (QED) is 0.463. The molecule has 1 aromatic heterocycles. The SMILES string of the molecule is COc1ccc(C2C3=C(N=c4s/c(=C\c5cccc(OC)c5O)c(=O)n42)c2ccccc2CC3)cc1. The fourth-order valence-corrected chi connectivity index (χ4v) is 6.06. The van der Waals surface area contributed by atoms with Crippen molar-refractivity contribution in [3.8, 4) is 17.2 Å². The average Bonchev–Trinajstić information content (AvgIpc) is 3.23. The van der Waals surface area contributed by atoms with E-state index in [-0.39, 0.29) is 17.4 Å². The Bertz CT molecular complexity index is 1700. The summed E-state index contributed by atoms with van der Waals surface area (Å²) in [5.41, 5.74) is 5.89. The zero-order valence-electron chi connectivity index (χ0n) is 19.9. The van der Waals surface area contributed by atoms with Crippen LogP contribution in [0.1, 0.15) is 34.7 Å². The molecule has 0 amide bonds. The van der Waals surface area contributed by atoms with Gasteiger partial charge in [0.15, 0.2) is 16.3 Å². The summed E-state index contributed by atoms with van der Waals surface area (Å²) in [6.07, 6.45) is 3.44. The molecule has 36 heavy (non-hydrogen) atoms. The number of aromatic hydroxyl groups is 1. The highest BCUT2D eigenvalue weighted by Crippen LogP contribution is 2.41. The lowest BCUT2D eigenvalue weighted by atomic mass is 9.83. The van der Waals surface area contributed by atoms with Gasteiger partial charge in [-0.05, 0) is 53.8 Å². The van der Waals surface area contributed by atoms with Crippen molar-refractivity contribution < 1.29 is 14.6 Å². The molecular weight excluding hydrogens is 472 g/mol. The van der Waals surface area contributed by atoms with Gasteiger partial charge in [-0.2, -0.15) is 0 Å². The first kappa shape index (κ1) is 22.4. The van der Waals surface area contributed by atoms with Crippen molar-refractivity contribution in [2.75, 3.05) is 14.2 Å². The van der Waals surface area contributed by atoms with Gasteiger partial charge in [0.2, 0.25) is 0 Å². The fourth-order valence-electron chi connectivity index (χ4n) is 5.07. The maximum absolute atomic E-state index is 13.8. The predicted octanol–water partition coefficient (Wildman–Crippen LogP) is 4.04. The molecular formula is C29H24N2O4S. The van der Waals surface area contributed by atoms with Crippen LogP contribution in [0.2, 0.25) is 0 Å². The molecule has 1 atom stereocenters.